The molecule has 7 nitrogen and oxygen atoms in total. The second-order valence-corrected chi connectivity index (χ2v) is 12.2. The predicted octanol–water partition coefficient (Wildman–Crippen LogP) is 3.44. The van der Waals surface area contributed by atoms with E-state index in [0.717, 1.165) is 38.4 Å². The van der Waals surface area contributed by atoms with E-state index >= 15 is 0 Å². The molecular weight excluding hydrogens is 436 g/mol. The summed E-state index contributed by atoms with van der Waals surface area (Å²) in [5.41, 5.74) is 1.46. The highest BCUT2D eigenvalue weighted by Crippen LogP contribution is 2.27. The Labute approximate surface area is 184 Å². The van der Waals surface area contributed by atoms with Crippen LogP contribution in [0.1, 0.15) is 48.0 Å². The number of hydrogen-bond acceptors (Lipinski definition) is 5. The molecule has 1 fully saturated rings. The molecule has 2 aromatic rings. The van der Waals surface area contributed by atoms with E-state index in [1.807, 2.05) is 0 Å². The molecule has 1 saturated carbocycles. The van der Waals surface area contributed by atoms with Gasteiger partial charge in [0.15, 0.2) is 9.84 Å². The van der Waals surface area contributed by atoms with Gasteiger partial charge in [-0.25, -0.2) is 16.8 Å². The van der Waals surface area contributed by atoms with Crippen LogP contribution >= 0.6 is 0 Å². The molecule has 1 aliphatic rings. The molecule has 0 saturated heterocycles. The van der Waals surface area contributed by atoms with E-state index in [2.05, 4.69) is 5.32 Å². The van der Waals surface area contributed by atoms with Crippen molar-refractivity contribution in [2.45, 2.75) is 48.8 Å². The van der Waals surface area contributed by atoms with Gasteiger partial charge in [-0.2, -0.15) is 4.31 Å². The van der Waals surface area contributed by atoms with Crippen LogP contribution < -0.4 is 5.32 Å². The number of amides is 1. The summed E-state index contributed by atoms with van der Waals surface area (Å²) in [6.45, 7) is 0. The summed E-state index contributed by atoms with van der Waals surface area (Å²) in [7, 11) is -5.09. The van der Waals surface area contributed by atoms with Gasteiger partial charge in [0.2, 0.25) is 10.0 Å². The van der Waals surface area contributed by atoms with E-state index in [1.165, 1.54) is 16.4 Å². The van der Waals surface area contributed by atoms with Crippen molar-refractivity contribution >= 4 is 31.5 Å². The van der Waals surface area contributed by atoms with Crippen LogP contribution in [-0.2, 0) is 25.6 Å². The Balaban J connectivity index is 1.66. The SMILES string of the molecule is CN(C1CCCCC1)S(=O)(=O)c1ccc(NC(=O)c2ccc(CS(C)(=O)=O)cc2)cc1. The van der Waals surface area contributed by atoms with E-state index in [1.54, 1.807) is 43.4 Å². The number of nitrogens with zero attached hydrogens (tertiary/aromatic N) is 1. The smallest absolute Gasteiger partial charge is 0.255 e. The Bertz CT molecular complexity index is 1120. The largest absolute Gasteiger partial charge is 0.322 e. The van der Waals surface area contributed by atoms with Crippen LogP contribution in [0.3, 0.4) is 0 Å². The summed E-state index contributed by atoms with van der Waals surface area (Å²) in [5, 5.41) is 2.73. The van der Waals surface area contributed by atoms with Crippen molar-refractivity contribution < 1.29 is 21.6 Å². The molecule has 3 rings (SSSR count). The van der Waals surface area contributed by atoms with Gasteiger partial charge >= 0.3 is 0 Å². The molecule has 0 spiro atoms. The third-order valence-electron chi connectivity index (χ3n) is 5.52. The normalized spacial score (nSPS) is 15.7. The van der Waals surface area contributed by atoms with Gasteiger partial charge in [-0.1, -0.05) is 31.4 Å². The zero-order valence-corrected chi connectivity index (χ0v) is 19.4. The third-order valence-corrected chi connectivity index (χ3v) is 8.31. The Hall–Kier alpha value is -2.23. The van der Waals surface area contributed by atoms with Gasteiger partial charge in [-0.05, 0) is 54.8 Å². The number of benzene rings is 2. The first-order valence-electron chi connectivity index (χ1n) is 10.2. The van der Waals surface area contributed by atoms with Crippen molar-refractivity contribution in [3.05, 3.63) is 59.7 Å². The van der Waals surface area contributed by atoms with Crippen molar-refractivity contribution in [1.29, 1.82) is 0 Å². The van der Waals surface area contributed by atoms with Gasteiger partial charge in [-0.15, -0.1) is 0 Å². The minimum atomic E-state index is -3.58. The molecule has 0 bridgehead atoms. The van der Waals surface area contributed by atoms with Crippen LogP contribution in [0, 0.1) is 0 Å². The van der Waals surface area contributed by atoms with E-state index in [-0.39, 0.29) is 22.6 Å². The molecule has 0 aliphatic heterocycles. The lowest BCUT2D eigenvalue weighted by Crippen LogP contribution is -2.38. The first-order valence-corrected chi connectivity index (χ1v) is 13.7. The van der Waals surface area contributed by atoms with Crippen LogP contribution in [0.2, 0.25) is 0 Å². The van der Waals surface area contributed by atoms with Crippen LogP contribution in [0.4, 0.5) is 5.69 Å². The lowest BCUT2D eigenvalue weighted by molar-refractivity contribution is 0.102. The molecule has 0 aromatic heterocycles. The average molecular weight is 465 g/mol. The van der Waals surface area contributed by atoms with Gasteiger partial charge < -0.3 is 5.32 Å². The van der Waals surface area contributed by atoms with Crippen molar-refractivity contribution in [2.24, 2.45) is 0 Å². The van der Waals surface area contributed by atoms with E-state index in [4.69, 9.17) is 0 Å². The maximum absolute atomic E-state index is 12.9. The first-order chi connectivity index (χ1) is 14.6. The molecule has 1 amide bonds. The molecule has 0 atom stereocenters. The zero-order chi connectivity index (χ0) is 22.6. The number of sulfonamides is 1. The lowest BCUT2D eigenvalue weighted by atomic mass is 9.96. The summed E-state index contributed by atoms with van der Waals surface area (Å²) < 4.78 is 50.0. The van der Waals surface area contributed by atoms with Gasteiger partial charge in [0, 0.05) is 30.6 Å². The summed E-state index contributed by atoms with van der Waals surface area (Å²) in [5.74, 6) is -0.444. The molecule has 31 heavy (non-hydrogen) atoms. The average Bonchev–Trinajstić information content (AvgIpc) is 2.73. The molecule has 1 aliphatic carbocycles. The number of nitrogens with one attached hydrogen (secondary N) is 1. The molecule has 9 heteroatoms. The molecule has 0 unspecified atom stereocenters. The third kappa shape index (κ3) is 6.15. The molecule has 168 valence electrons. The topological polar surface area (TPSA) is 101 Å². The summed E-state index contributed by atoms with van der Waals surface area (Å²) in [6.07, 6.45) is 6.17. The fourth-order valence-electron chi connectivity index (χ4n) is 3.78. The Morgan fingerprint density at radius 1 is 0.935 bits per heavy atom. The maximum atomic E-state index is 12.9. The lowest BCUT2D eigenvalue weighted by Gasteiger charge is -2.30. The van der Waals surface area contributed by atoms with E-state index < -0.39 is 19.9 Å². The second-order valence-electron chi connectivity index (χ2n) is 8.06. The summed E-state index contributed by atoms with van der Waals surface area (Å²) >= 11 is 0. The summed E-state index contributed by atoms with van der Waals surface area (Å²) in [6, 6.07) is 12.5. The van der Waals surface area contributed by atoms with E-state index in [0.29, 0.717) is 16.8 Å². The molecule has 0 radical (unpaired) electrons. The highest BCUT2D eigenvalue weighted by atomic mass is 32.2. The van der Waals surface area contributed by atoms with Crippen molar-refractivity contribution in [3.8, 4) is 0 Å². The Kier molecular flexibility index (Phi) is 7.18. The monoisotopic (exact) mass is 464 g/mol. The predicted molar refractivity (Wildman–Crippen MR) is 121 cm³/mol. The standard InChI is InChI=1S/C22H28N2O5S2/c1-24(20-6-4-3-5-7-20)31(28,29)21-14-12-19(13-15-21)23-22(25)18-10-8-17(9-11-18)16-30(2,26)27/h8-15,20H,3-7,16H2,1-2H3,(H,23,25). The highest BCUT2D eigenvalue weighted by molar-refractivity contribution is 7.90. The van der Waals surface area contributed by atoms with Gasteiger partial charge in [0.05, 0.1) is 10.6 Å². The maximum Gasteiger partial charge on any atom is 0.255 e. The van der Waals surface area contributed by atoms with Crippen molar-refractivity contribution in [1.82, 2.24) is 4.31 Å². The second kappa shape index (κ2) is 9.50. The quantitative estimate of drug-likeness (QED) is 0.677. The van der Waals surface area contributed by atoms with Gasteiger partial charge in [0.25, 0.3) is 5.91 Å². The van der Waals surface area contributed by atoms with Crippen LogP contribution in [0.5, 0.6) is 0 Å². The van der Waals surface area contributed by atoms with Crippen LogP contribution in [-0.4, -0.2) is 46.4 Å². The van der Waals surface area contributed by atoms with Gasteiger partial charge in [0.1, 0.15) is 0 Å². The van der Waals surface area contributed by atoms with Gasteiger partial charge in [-0.3, -0.25) is 4.79 Å². The minimum Gasteiger partial charge on any atom is -0.322 e. The zero-order valence-electron chi connectivity index (χ0n) is 17.7. The molecule has 0 heterocycles. The van der Waals surface area contributed by atoms with Crippen molar-refractivity contribution in [3.63, 3.8) is 0 Å². The fourth-order valence-corrected chi connectivity index (χ4v) is 5.99. The Morgan fingerprint density at radius 2 is 1.52 bits per heavy atom. The number of rotatable bonds is 7. The fraction of sp³-hybridized carbons (Fsp3) is 0.409. The minimum absolute atomic E-state index is 0.0313. The van der Waals surface area contributed by atoms with E-state index in [9.17, 15) is 21.6 Å². The molecule has 1 N–H and O–H groups in total. The van der Waals surface area contributed by atoms with Crippen molar-refractivity contribution in [2.75, 3.05) is 18.6 Å². The first kappa shape index (κ1) is 23.4. The number of hydrogen-bond donors (Lipinski definition) is 1. The molecule has 2 aromatic carbocycles. The number of sulfone groups is 1. The Morgan fingerprint density at radius 3 is 2.06 bits per heavy atom. The number of anilines is 1. The number of carbonyl (C=O) groups excluding carboxylic acids is 1. The van der Waals surface area contributed by atoms with Crippen LogP contribution in [0.15, 0.2) is 53.4 Å². The summed E-state index contributed by atoms with van der Waals surface area (Å²) in [4.78, 5) is 12.6. The highest BCUT2D eigenvalue weighted by Gasteiger charge is 2.28. The molecular formula is C22H28N2O5S2. The van der Waals surface area contributed by atoms with Crippen LogP contribution in [0.25, 0.3) is 0 Å². The number of carbonyl (C=O) groups is 1.